The van der Waals surface area contributed by atoms with Gasteiger partial charge in [-0.1, -0.05) is 36.2 Å². The van der Waals surface area contributed by atoms with Gasteiger partial charge in [0, 0.05) is 29.7 Å². The maximum absolute atomic E-state index is 13.1. The summed E-state index contributed by atoms with van der Waals surface area (Å²) in [5.74, 6) is -0.0215. The summed E-state index contributed by atoms with van der Waals surface area (Å²) < 4.78 is 0. The summed E-state index contributed by atoms with van der Waals surface area (Å²) in [5, 5.41) is 0.886. The second kappa shape index (κ2) is 7.00. The number of nitrogens with zero attached hydrogens (tertiary/aromatic N) is 2. The molecule has 25 heavy (non-hydrogen) atoms. The first kappa shape index (κ1) is 18.3. The van der Waals surface area contributed by atoms with Crippen LogP contribution in [0.1, 0.15) is 39.2 Å². The zero-order valence-electron chi connectivity index (χ0n) is 14.7. The molecule has 134 valence electrons. The van der Waals surface area contributed by atoms with E-state index < -0.39 is 0 Å². The van der Waals surface area contributed by atoms with Crippen LogP contribution in [0.5, 0.6) is 0 Å². The number of hydrogen-bond donors (Lipinski definition) is 0. The molecular weight excluding hydrogens is 359 g/mol. The molecule has 1 unspecified atom stereocenters. The number of halogens is 2. The summed E-state index contributed by atoms with van der Waals surface area (Å²) in [5.41, 5.74) is 1.45. The second-order valence-corrected chi connectivity index (χ2v) is 7.96. The van der Waals surface area contributed by atoms with E-state index in [4.69, 9.17) is 23.2 Å². The smallest absolute Gasteiger partial charge is 0.278 e. The van der Waals surface area contributed by atoms with E-state index in [9.17, 15) is 9.59 Å². The summed E-state index contributed by atoms with van der Waals surface area (Å²) in [6.07, 6.45) is 2.15. The van der Waals surface area contributed by atoms with Crippen LogP contribution in [0.15, 0.2) is 23.9 Å². The molecule has 1 fully saturated rings. The van der Waals surface area contributed by atoms with Crippen molar-refractivity contribution in [2.45, 2.75) is 39.7 Å². The van der Waals surface area contributed by atoms with E-state index in [-0.39, 0.29) is 17.9 Å². The molecule has 1 saturated heterocycles. The predicted molar refractivity (Wildman–Crippen MR) is 100 cm³/mol. The van der Waals surface area contributed by atoms with E-state index >= 15 is 0 Å². The molecule has 4 nitrogen and oxygen atoms in total. The van der Waals surface area contributed by atoms with E-state index in [1.165, 1.54) is 4.90 Å². The molecule has 0 N–H and O–H groups in total. The van der Waals surface area contributed by atoms with Gasteiger partial charge in [0.05, 0.1) is 10.6 Å². The topological polar surface area (TPSA) is 40.6 Å². The first-order valence-corrected chi connectivity index (χ1v) is 9.39. The number of carbonyl (C=O) groups is 2. The molecule has 2 aliphatic heterocycles. The number of hydrogen-bond acceptors (Lipinski definition) is 3. The minimum absolute atomic E-state index is 0.208. The Kier molecular flexibility index (Phi) is 5.12. The van der Waals surface area contributed by atoms with Crippen molar-refractivity contribution in [3.63, 3.8) is 0 Å². The van der Waals surface area contributed by atoms with Crippen molar-refractivity contribution in [3.8, 4) is 0 Å². The highest BCUT2D eigenvalue weighted by molar-refractivity contribution is 6.41. The van der Waals surface area contributed by atoms with E-state index in [2.05, 4.69) is 11.8 Å². The predicted octanol–water partition coefficient (Wildman–Crippen LogP) is 4.21. The first-order chi connectivity index (χ1) is 11.8. The van der Waals surface area contributed by atoms with Gasteiger partial charge in [-0.05, 0) is 44.7 Å². The van der Waals surface area contributed by atoms with Crippen molar-refractivity contribution in [2.24, 2.45) is 5.92 Å². The molecule has 0 spiro atoms. The van der Waals surface area contributed by atoms with Gasteiger partial charge in [-0.15, -0.1) is 0 Å². The van der Waals surface area contributed by atoms with Crippen LogP contribution in [0.4, 0.5) is 0 Å². The summed E-state index contributed by atoms with van der Waals surface area (Å²) in [6, 6.07) is 4.82. The van der Waals surface area contributed by atoms with Crippen molar-refractivity contribution in [3.05, 3.63) is 39.5 Å². The average Bonchev–Trinajstić information content (AvgIpc) is 2.78. The maximum Gasteiger partial charge on any atom is 0.278 e. The van der Waals surface area contributed by atoms with E-state index in [1.807, 2.05) is 13.8 Å². The number of piperidine rings is 1. The second-order valence-electron chi connectivity index (χ2n) is 7.12. The zero-order valence-corrected chi connectivity index (χ0v) is 16.2. The van der Waals surface area contributed by atoms with Gasteiger partial charge in [-0.2, -0.15) is 0 Å². The molecule has 0 saturated carbocycles. The van der Waals surface area contributed by atoms with E-state index in [1.54, 1.807) is 18.2 Å². The molecule has 0 aromatic heterocycles. The quantitative estimate of drug-likeness (QED) is 0.737. The van der Waals surface area contributed by atoms with Gasteiger partial charge in [-0.3, -0.25) is 14.5 Å². The lowest BCUT2D eigenvalue weighted by atomic mass is 9.97. The van der Waals surface area contributed by atoms with Gasteiger partial charge in [0.1, 0.15) is 5.70 Å². The van der Waals surface area contributed by atoms with Crippen LogP contribution in [-0.2, 0) is 9.59 Å². The lowest BCUT2D eigenvalue weighted by Crippen LogP contribution is -2.41. The third-order valence-electron chi connectivity index (χ3n) is 4.78. The Hall–Kier alpha value is -1.52. The molecule has 2 amide bonds. The Morgan fingerprint density at radius 1 is 1.16 bits per heavy atom. The highest BCUT2D eigenvalue weighted by atomic mass is 35.5. The Morgan fingerprint density at radius 2 is 1.88 bits per heavy atom. The van der Waals surface area contributed by atoms with Gasteiger partial charge < -0.3 is 4.90 Å². The molecule has 2 heterocycles. The fourth-order valence-corrected chi connectivity index (χ4v) is 4.13. The molecule has 0 bridgehead atoms. The lowest BCUT2D eigenvalue weighted by Gasteiger charge is -2.33. The van der Waals surface area contributed by atoms with Crippen molar-refractivity contribution in [1.29, 1.82) is 0 Å². The molecule has 6 heteroatoms. The highest BCUT2D eigenvalue weighted by Crippen LogP contribution is 2.38. The first-order valence-electron chi connectivity index (χ1n) is 8.63. The number of amides is 2. The lowest BCUT2D eigenvalue weighted by molar-refractivity contribution is -0.139. The molecule has 3 rings (SSSR count). The van der Waals surface area contributed by atoms with Crippen LogP contribution in [0.25, 0.3) is 5.57 Å². The van der Waals surface area contributed by atoms with Crippen molar-refractivity contribution >= 4 is 40.6 Å². The summed E-state index contributed by atoms with van der Waals surface area (Å²) in [6.45, 7) is 7.41. The molecular formula is C19H22Cl2N2O2. The normalized spacial score (nSPS) is 21.8. The van der Waals surface area contributed by atoms with E-state index in [0.29, 0.717) is 32.8 Å². The molecule has 1 atom stereocenters. The highest BCUT2D eigenvalue weighted by Gasteiger charge is 2.43. The van der Waals surface area contributed by atoms with Crippen LogP contribution in [-0.4, -0.2) is 40.7 Å². The van der Waals surface area contributed by atoms with Gasteiger partial charge >= 0.3 is 0 Å². The summed E-state index contributed by atoms with van der Waals surface area (Å²) in [4.78, 5) is 29.5. The zero-order chi connectivity index (χ0) is 18.3. The molecule has 2 aliphatic rings. The van der Waals surface area contributed by atoms with E-state index in [0.717, 1.165) is 25.9 Å². The molecule has 1 aromatic rings. The van der Waals surface area contributed by atoms with Crippen LogP contribution in [0.3, 0.4) is 0 Å². The van der Waals surface area contributed by atoms with Gasteiger partial charge in [0.2, 0.25) is 0 Å². The fourth-order valence-electron chi connectivity index (χ4n) is 3.62. The monoisotopic (exact) mass is 380 g/mol. The van der Waals surface area contributed by atoms with Gasteiger partial charge in [0.25, 0.3) is 11.8 Å². The third-order valence-corrected chi connectivity index (χ3v) is 5.33. The SMILES string of the molecule is CC1CCCN(C2=C(c3ccc(Cl)cc3Cl)C(=O)N(C(C)C)C2=O)C1. The maximum atomic E-state index is 13.1. The number of imide groups is 1. The average molecular weight is 381 g/mol. The summed E-state index contributed by atoms with van der Waals surface area (Å²) in [7, 11) is 0. The van der Waals surface area contributed by atoms with Gasteiger partial charge in [0.15, 0.2) is 0 Å². The van der Waals surface area contributed by atoms with Crippen molar-refractivity contribution in [1.82, 2.24) is 9.80 Å². The fraction of sp³-hybridized carbons (Fsp3) is 0.474. The number of rotatable bonds is 3. The Balaban J connectivity index is 2.15. The van der Waals surface area contributed by atoms with Crippen molar-refractivity contribution < 1.29 is 9.59 Å². The third kappa shape index (κ3) is 3.30. The largest absolute Gasteiger partial charge is 0.366 e. The molecule has 0 radical (unpaired) electrons. The standard InChI is InChI=1S/C19H22Cl2N2O2/c1-11(2)23-18(24)16(14-7-6-13(20)9-15(14)21)17(19(23)25)22-8-4-5-12(3)10-22/h6-7,9,11-12H,4-5,8,10H2,1-3H3. The minimum atomic E-state index is -0.280. The summed E-state index contributed by atoms with van der Waals surface area (Å²) >= 11 is 12.4. The Bertz CT molecular complexity index is 758. The number of likely N-dealkylation sites (tertiary alicyclic amines) is 1. The van der Waals surface area contributed by atoms with Crippen LogP contribution in [0, 0.1) is 5.92 Å². The molecule has 1 aromatic carbocycles. The Labute approximate surface area is 158 Å². The number of carbonyl (C=O) groups excluding carboxylic acids is 2. The number of benzene rings is 1. The molecule has 0 aliphatic carbocycles. The Morgan fingerprint density at radius 3 is 2.48 bits per heavy atom. The van der Waals surface area contributed by atoms with Gasteiger partial charge in [-0.25, -0.2) is 0 Å². The van der Waals surface area contributed by atoms with Crippen LogP contribution < -0.4 is 0 Å². The van der Waals surface area contributed by atoms with Crippen LogP contribution >= 0.6 is 23.2 Å². The van der Waals surface area contributed by atoms with Crippen molar-refractivity contribution in [2.75, 3.05) is 13.1 Å². The minimum Gasteiger partial charge on any atom is -0.366 e. The van der Waals surface area contributed by atoms with Crippen LogP contribution in [0.2, 0.25) is 10.0 Å².